The third kappa shape index (κ3) is 3.68. The Hall–Kier alpha value is -3.56. The molecule has 1 heterocycles. The Bertz CT molecular complexity index is 1310. The van der Waals surface area contributed by atoms with Crippen LogP contribution in [0.25, 0.3) is 33.3 Å². The second-order valence-corrected chi connectivity index (χ2v) is 7.41. The largest absolute Gasteiger partial charge is 0.226 e. The molecule has 0 saturated carbocycles. The fourth-order valence-corrected chi connectivity index (χ4v) is 3.96. The van der Waals surface area contributed by atoms with Crippen molar-refractivity contribution in [3.63, 3.8) is 0 Å². The third-order valence-electron chi connectivity index (χ3n) is 5.11. The molecule has 0 unspecified atom stereocenters. The van der Waals surface area contributed by atoms with E-state index in [1.807, 2.05) is 36.4 Å². The summed E-state index contributed by atoms with van der Waals surface area (Å²) in [6.07, 6.45) is 0.573. The zero-order valence-corrected chi connectivity index (χ0v) is 16.9. The SMILES string of the molecule is Clc1nc(Cc2cccc3cccc(-c4ccccc4)c23)nc(-c2ccccc2)n1. The number of hydrogen-bond acceptors (Lipinski definition) is 3. The Kier molecular flexibility index (Phi) is 4.96. The Morgan fingerprint density at radius 2 is 1.27 bits per heavy atom. The average molecular weight is 408 g/mol. The number of aromatic nitrogens is 3. The summed E-state index contributed by atoms with van der Waals surface area (Å²) in [7, 11) is 0. The average Bonchev–Trinajstić information content (AvgIpc) is 2.80. The second kappa shape index (κ2) is 8.05. The summed E-state index contributed by atoms with van der Waals surface area (Å²) in [6.45, 7) is 0. The van der Waals surface area contributed by atoms with E-state index in [4.69, 9.17) is 16.6 Å². The van der Waals surface area contributed by atoms with Gasteiger partial charge in [-0.2, -0.15) is 4.98 Å². The predicted molar refractivity (Wildman–Crippen MR) is 122 cm³/mol. The maximum Gasteiger partial charge on any atom is 0.226 e. The molecular weight excluding hydrogens is 390 g/mol. The maximum absolute atomic E-state index is 6.25. The van der Waals surface area contributed by atoms with Crippen molar-refractivity contribution in [3.05, 3.63) is 114 Å². The van der Waals surface area contributed by atoms with Crippen LogP contribution in [0.2, 0.25) is 5.28 Å². The van der Waals surface area contributed by atoms with Crippen LogP contribution >= 0.6 is 11.6 Å². The zero-order valence-electron chi connectivity index (χ0n) is 16.2. The normalized spacial score (nSPS) is 11.0. The van der Waals surface area contributed by atoms with Gasteiger partial charge in [-0.25, -0.2) is 9.97 Å². The van der Waals surface area contributed by atoms with Crippen LogP contribution in [0.15, 0.2) is 97.1 Å². The van der Waals surface area contributed by atoms with Gasteiger partial charge in [-0.1, -0.05) is 97.1 Å². The lowest BCUT2D eigenvalue weighted by Gasteiger charge is -2.12. The lowest BCUT2D eigenvalue weighted by atomic mass is 9.93. The summed E-state index contributed by atoms with van der Waals surface area (Å²) in [5.41, 5.74) is 4.47. The van der Waals surface area contributed by atoms with Crippen LogP contribution in [0, 0.1) is 0 Å². The molecule has 0 aliphatic rings. The highest BCUT2D eigenvalue weighted by Crippen LogP contribution is 2.32. The van der Waals surface area contributed by atoms with Crippen molar-refractivity contribution in [2.24, 2.45) is 0 Å². The van der Waals surface area contributed by atoms with Crippen LogP contribution < -0.4 is 0 Å². The van der Waals surface area contributed by atoms with Crippen molar-refractivity contribution in [3.8, 4) is 22.5 Å². The van der Waals surface area contributed by atoms with Gasteiger partial charge in [-0.3, -0.25) is 0 Å². The quantitative estimate of drug-likeness (QED) is 0.336. The second-order valence-electron chi connectivity index (χ2n) is 7.07. The third-order valence-corrected chi connectivity index (χ3v) is 5.28. The first kappa shape index (κ1) is 18.5. The number of benzene rings is 4. The van der Waals surface area contributed by atoms with Crippen molar-refractivity contribution in [1.82, 2.24) is 15.0 Å². The van der Waals surface area contributed by atoms with Crippen LogP contribution in [0.3, 0.4) is 0 Å². The lowest BCUT2D eigenvalue weighted by molar-refractivity contribution is 0.930. The molecule has 0 spiro atoms. The molecule has 5 aromatic rings. The molecule has 0 amide bonds. The van der Waals surface area contributed by atoms with Crippen molar-refractivity contribution in [2.45, 2.75) is 6.42 Å². The molecule has 4 heteroatoms. The van der Waals surface area contributed by atoms with E-state index in [1.54, 1.807) is 0 Å². The smallest absolute Gasteiger partial charge is 0.213 e. The van der Waals surface area contributed by atoms with E-state index in [1.165, 1.54) is 21.9 Å². The molecule has 0 aliphatic heterocycles. The van der Waals surface area contributed by atoms with Gasteiger partial charge in [0.25, 0.3) is 0 Å². The minimum atomic E-state index is 0.211. The molecule has 0 fully saturated rings. The Morgan fingerprint density at radius 3 is 2.00 bits per heavy atom. The molecule has 0 radical (unpaired) electrons. The number of nitrogens with zero attached hydrogens (tertiary/aromatic N) is 3. The van der Waals surface area contributed by atoms with Crippen molar-refractivity contribution < 1.29 is 0 Å². The lowest BCUT2D eigenvalue weighted by Crippen LogP contribution is -2.02. The summed E-state index contributed by atoms with van der Waals surface area (Å²) < 4.78 is 0. The molecule has 30 heavy (non-hydrogen) atoms. The first-order chi connectivity index (χ1) is 14.8. The zero-order chi connectivity index (χ0) is 20.3. The predicted octanol–water partition coefficient (Wildman–Crippen LogP) is 6.60. The highest BCUT2D eigenvalue weighted by Gasteiger charge is 2.12. The van der Waals surface area contributed by atoms with Crippen molar-refractivity contribution >= 4 is 22.4 Å². The van der Waals surface area contributed by atoms with E-state index in [-0.39, 0.29) is 5.28 Å². The summed E-state index contributed by atoms with van der Waals surface area (Å²) in [5, 5.41) is 2.61. The molecule has 0 aliphatic carbocycles. The highest BCUT2D eigenvalue weighted by molar-refractivity contribution is 6.28. The van der Waals surface area contributed by atoms with Gasteiger partial charge < -0.3 is 0 Å². The fourth-order valence-electron chi connectivity index (χ4n) is 3.78. The molecule has 0 saturated heterocycles. The van der Waals surface area contributed by atoms with Crippen LogP contribution in [-0.4, -0.2) is 15.0 Å². The van der Waals surface area contributed by atoms with E-state index in [9.17, 15) is 0 Å². The molecule has 5 rings (SSSR count). The molecule has 3 nitrogen and oxygen atoms in total. The Labute approximate surface area is 180 Å². The summed E-state index contributed by atoms with van der Waals surface area (Å²) in [6, 6.07) is 33.0. The summed E-state index contributed by atoms with van der Waals surface area (Å²) in [4.78, 5) is 13.4. The number of halogens is 1. The summed E-state index contributed by atoms with van der Waals surface area (Å²) in [5.74, 6) is 1.25. The standard InChI is InChI=1S/C26H18ClN3/c27-26-29-23(28-25(30-26)20-11-5-2-6-12-20)17-21-15-7-13-19-14-8-16-22(24(19)21)18-9-3-1-4-10-18/h1-16H,17H2. The van der Waals surface area contributed by atoms with Crippen LogP contribution in [-0.2, 0) is 6.42 Å². The number of fused-ring (bicyclic) bond motifs is 1. The molecule has 4 aromatic carbocycles. The Balaban J connectivity index is 1.63. The first-order valence-corrected chi connectivity index (χ1v) is 10.2. The maximum atomic E-state index is 6.25. The van der Waals surface area contributed by atoms with Crippen LogP contribution in [0.1, 0.15) is 11.4 Å². The molecule has 0 bridgehead atoms. The monoisotopic (exact) mass is 407 g/mol. The van der Waals surface area contributed by atoms with E-state index < -0.39 is 0 Å². The van der Waals surface area contributed by atoms with Gasteiger partial charge in [0.05, 0.1) is 0 Å². The van der Waals surface area contributed by atoms with Gasteiger partial charge in [0.1, 0.15) is 5.82 Å². The highest BCUT2D eigenvalue weighted by atomic mass is 35.5. The van der Waals surface area contributed by atoms with E-state index in [0.717, 1.165) is 11.1 Å². The van der Waals surface area contributed by atoms with E-state index in [0.29, 0.717) is 18.1 Å². The van der Waals surface area contributed by atoms with Gasteiger partial charge in [-0.15, -0.1) is 0 Å². The van der Waals surface area contributed by atoms with Gasteiger partial charge in [0, 0.05) is 12.0 Å². The number of hydrogen-bond donors (Lipinski definition) is 0. The molecule has 1 aromatic heterocycles. The van der Waals surface area contributed by atoms with Gasteiger partial charge >= 0.3 is 0 Å². The molecule has 0 atom stereocenters. The van der Waals surface area contributed by atoms with Gasteiger partial charge in [0.15, 0.2) is 5.82 Å². The minimum Gasteiger partial charge on any atom is -0.213 e. The molecule has 0 N–H and O–H groups in total. The minimum absolute atomic E-state index is 0.211. The molecular formula is C26H18ClN3. The van der Waals surface area contributed by atoms with Crippen LogP contribution in [0.5, 0.6) is 0 Å². The topological polar surface area (TPSA) is 38.7 Å². The van der Waals surface area contributed by atoms with Gasteiger partial charge in [0.2, 0.25) is 5.28 Å². The molecule has 144 valence electrons. The number of rotatable bonds is 4. The fraction of sp³-hybridized carbons (Fsp3) is 0.0385. The first-order valence-electron chi connectivity index (χ1n) is 9.80. The van der Waals surface area contributed by atoms with E-state index >= 15 is 0 Å². The summed E-state index contributed by atoms with van der Waals surface area (Å²) >= 11 is 6.25. The Morgan fingerprint density at radius 1 is 0.600 bits per heavy atom. The van der Waals surface area contributed by atoms with Gasteiger partial charge in [-0.05, 0) is 39.1 Å². The van der Waals surface area contributed by atoms with Crippen molar-refractivity contribution in [1.29, 1.82) is 0 Å². The van der Waals surface area contributed by atoms with Crippen molar-refractivity contribution in [2.75, 3.05) is 0 Å². The van der Waals surface area contributed by atoms with E-state index in [2.05, 4.69) is 70.6 Å². The van der Waals surface area contributed by atoms with Crippen LogP contribution in [0.4, 0.5) is 0 Å².